The molecular weight excluding hydrogens is 803 g/mol. The zero-order valence-corrected chi connectivity index (χ0v) is 44.4. The van der Waals surface area contributed by atoms with E-state index in [0.29, 0.717) is 36.1 Å². The second kappa shape index (κ2) is 24.5. The summed E-state index contributed by atoms with van der Waals surface area (Å²) in [5.74, 6) is 0.900. The van der Waals surface area contributed by atoms with Crippen LogP contribution < -0.4 is 11.1 Å². The molecule has 0 aromatic heterocycles. The SMILES string of the molecule is CC.CC.CCCCCCCCCCCCCCCC(=O)Nc1ccc(C(=O)Cc2ccc(C)c(C34CCN(CC5CC5)C(C)C3(C)CC(N)(C(C)(O)C(C)(C)C)C(C)(C)C4)c2O)cc1. The monoisotopic (exact) mass is 902 g/mol. The highest BCUT2D eigenvalue weighted by atomic mass is 16.3. The number of nitrogens with zero attached hydrogens (tertiary/aromatic N) is 1. The Morgan fingerprint density at radius 1 is 0.800 bits per heavy atom. The van der Waals surface area contributed by atoms with E-state index in [9.17, 15) is 19.8 Å². The van der Waals surface area contributed by atoms with Gasteiger partial charge in [0.2, 0.25) is 5.91 Å². The topological polar surface area (TPSA) is 116 Å². The van der Waals surface area contributed by atoms with Crippen LogP contribution in [-0.2, 0) is 16.6 Å². The molecule has 1 heterocycles. The Morgan fingerprint density at radius 3 is 1.83 bits per heavy atom. The first-order valence-electron chi connectivity index (χ1n) is 26.6. The summed E-state index contributed by atoms with van der Waals surface area (Å²) in [5.41, 5.74) is 7.68. The van der Waals surface area contributed by atoms with Gasteiger partial charge in [-0.2, -0.15) is 0 Å². The van der Waals surface area contributed by atoms with Gasteiger partial charge in [0, 0.05) is 53.2 Å². The number of phenols is 1. The van der Waals surface area contributed by atoms with E-state index in [2.05, 4.69) is 78.6 Å². The number of hydrogen-bond acceptors (Lipinski definition) is 6. The number of phenolic OH excluding ortho intramolecular Hbond substituents is 1. The van der Waals surface area contributed by atoms with Crippen molar-refractivity contribution in [1.82, 2.24) is 4.90 Å². The molecule has 65 heavy (non-hydrogen) atoms. The van der Waals surface area contributed by atoms with Crippen LogP contribution >= 0.6 is 0 Å². The van der Waals surface area contributed by atoms with E-state index in [1.807, 2.05) is 52.8 Å². The first-order chi connectivity index (χ1) is 30.6. The minimum Gasteiger partial charge on any atom is -0.507 e. The van der Waals surface area contributed by atoms with Gasteiger partial charge in [0.15, 0.2) is 5.78 Å². The maximum absolute atomic E-state index is 13.9. The summed E-state index contributed by atoms with van der Waals surface area (Å²) < 4.78 is 0. The van der Waals surface area contributed by atoms with Crippen LogP contribution in [-0.4, -0.2) is 57.1 Å². The molecule has 5 rings (SSSR count). The van der Waals surface area contributed by atoms with Gasteiger partial charge in [0.05, 0.1) is 11.1 Å². The Kier molecular flexibility index (Phi) is 21.3. The molecule has 3 fully saturated rings. The lowest BCUT2D eigenvalue weighted by Crippen LogP contribution is -2.79. The molecule has 1 amide bonds. The number of aryl methyl sites for hydroxylation is 1. The van der Waals surface area contributed by atoms with Crippen LogP contribution in [0.25, 0.3) is 0 Å². The maximum atomic E-state index is 13.9. The van der Waals surface area contributed by atoms with Crippen LogP contribution in [0.3, 0.4) is 0 Å². The van der Waals surface area contributed by atoms with Gasteiger partial charge >= 0.3 is 0 Å². The molecule has 0 radical (unpaired) electrons. The highest BCUT2D eigenvalue weighted by molar-refractivity contribution is 5.98. The van der Waals surface area contributed by atoms with E-state index in [-0.39, 0.29) is 29.9 Å². The third kappa shape index (κ3) is 13.1. The smallest absolute Gasteiger partial charge is 0.224 e. The molecule has 2 aliphatic carbocycles. The molecule has 5 atom stereocenters. The van der Waals surface area contributed by atoms with E-state index in [0.717, 1.165) is 49.4 Å². The molecule has 370 valence electrons. The van der Waals surface area contributed by atoms with Crippen molar-refractivity contribution in [2.24, 2.45) is 27.9 Å². The van der Waals surface area contributed by atoms with Gasteiger partial charge in [-0.05, 0) is 118 Å². The lowest BCUT2D eigenvalue weighted by molar-refractivity contribution is -0.210. The summed E-state index contributed by atoms with van der Waals surface area (Å²) in [6, 6.07) is 11.4. The lowest BCUT2D eigenvalue weighted by Gasteiger charge is -2.72. The number of ketones is 1. The fraction of sp³-hybridized carbons (Fsp3) is 0.759. The fourth-order valence-corrected chi connectivity index (χ4v) is 11.9. The van der Waals surface area contributed by atoms with Crippen molar-refractivity contribution in [2.45, 2.75) is 248 Å². The van der Waals surface area contributed by atoms with Crippen molar-refractivity contribution in [2.75, 3.05) is 18.4 Å². The molecule has 1 saturated heterocycles. The number of unbranched alkanes of at least 4 members (excludes halogenated alkanes) is 12. The number of benzene rings is 2. The molecule has 2 saturated carbocycles. The van der Waals surface area contributed by atoms with Crippen LogP contribution in [0.1, 0.15) is 239 Å². The summed E-state index contributed by atoms with van der Waals surface area (Å²) in [5, 5.41) is 28.0. The van der Waals surface area contributed by atoms with E-state index >= 15 is 0 Å². The molecule has 5 N–H and O–H groups in total. The first-order valence-corrected chi connectivity index (χ1v) is 26.6. The normalized spacial score (nSPS) is 25.0. The average molecular weight is 902 g/mol. The number of fused-ring (bicyclic) bond motifs is 1. The van der Waals surface area contributed by atoms with Gasteiger partial charge in [0.25, 0.3) is 0 Å². The van der Waals surface area contributed by atoms with Crippen LogP contribution in [0, 0.1) is 29.1 Å². The van der Waals surface area contributed by atoms with Crippen LogP contribution in [0.4, 0.5) is 5.69 Å². The number of rotatable bonds is 22. The Balaban J connectivity index is 0.00000273. The largest absolute Gasteiger partial charge is 0.507 e. The molecule has 7 heteroatoms. The molecule has 5 unspecified atom stereocenters. The summed E-state index contributed by atoms with van der Waals surface area (Å²) in [6.45, 7) is 31.8. The predicted octanol–water partition coefficient (Wildman–Crippen LogP) is 14.7. The summed E-state index contributed by atoms with van der Waals surface area (Å²) in [4.78, 5) is 29.3. The lowest BCUT2D eigenvalue weighted by atomic mass is 9.37. The first kappa shape index (κ1) is 56.6. The number of carbonyl (C=O) groups is 2. The van der Waals surface area contributed by atoms with Crippen molar-refractivity contribution >= 4 is 17.4 Å². The number of aliphatic hydroxyl groups is 1. The Labute approximate surface area is 399 Å². The van der Waals surface area contributed by atoms with Gasteiger partial charge in [-0.15, -0.1) is 0 Å². The van der Waals surface area contributed by atoms with E-state index in [4.69, 9.17) is 5.73 Å². The number of piperidine rings is 1. The summed E-state index contributed by atoms with van der Waals surface area (Å²) in [6.07, 6.45) is 21.9. The fourth-order valence-electron chi connectivity index (χ4n) is 11.9. The third-order valence-corrected chi connectivity index (χ3v) is 16.8. The summed E-state index contributed by atoms with van der Waals surface area (Å²) >= 11 is 0. The van der Waals surface area contributed by atoms with Crippen molar-refractivity contribution in [1.29, 1.82) is 0 Å². The number of nitrogens with two attached hydrogens (primary N) is 1. The number of aromatic hydroxyl groups is 1. The number of hydrogen-bond donors (Lipinski definition) is 4. The predicted molar refractivity (Wildman–Crippen MR) is 277 cm³/mol. The van der Waals surface area contributed by atoms with Gasteiger partial charge < -0.3 is 21.3 Å². The van der Waals surface area contributed by atoms with Crippen LogP contribution in [0.15, 0.2) is 36.4 Å². The highest BCUT2D eigenvalue weighted by Crippen LogP contribution is 2.69. The Hall–Kier alpha value is -2.74. The Morgan fingerprint density at radius 2 is 1.32 bits per heavy atom. The van der Waals surface area contributed by atoms with Crippen molar-refractivity contribution in [3.63, 3.8) is 0 Å². The Bertz CT molecular complexity index is 1770. The molecule has 0 spiro atoms. The van der Waals surface area contributed by atoms with Crippen LogP contribution in [0.5, 0.6) is 5.75 Å². The number of carbonyl (C=O) groups excluding carboxylic acids is 2. The van der Waals surface area contributed by atoms with E-state index < -0.39 is 32.8 Å². The second-order valence-electron chi connectivity index (χ2n) is 22.4. The minimum absolute atomic E-state index is 0.0121. The van der Waals surface area contributed by atoms with Crippen molar-refractivity contribution < 1.29 is 19.8 Å². The molecular formula is C58H99N3O4. The van der Waals surface area contributed by atoms with E-state index in [1.165, 1.54) is 83.5 Å². The molecule has 2 aromatic carbocycles. The van der Waals surface area contributed by atoms with Crippen LogP contribution in [0.2, 0.25) is 0 Å². The van der Waals surface area contributed by atoms with Crippen molar-refractivity contribution in [3.8, 4) is 5.75 Å². The second-order valence-corrected chi connectivity index (χ2v) is 22.4. The standard InChI is InChI=1S/C54H87N3O4.2C2H6/c1-11-12-13-14-15-16-17-18-19-20-21-22-23-24-46(59)56-44-31-29-42(30-32-44)45(58)35-43-28-25-39(2)47(48(43)60)53-33-34-57(36-41-26-27-41)40(3)51(53,9)38-54(55,50(7,8)37-53)52(10,61)49(4,5)6;2*1-2/h25,28-32,40-41,60-61H,11-24,26-27,33-38,55H2,1-10H3,(H,56,59);2*1-2H3. The van der Waals surface area contributed by atoms with Gasteiger partial charge in [-0.1, -0.05) is 165 Å². The number of nitrogens with one attached hydrogen (secondary N) is 1. The van der Waals surface area contributed by atoms with Crippen molar-refractivity contribution in [3.05, 3.63) is 58.7 Å². The highest BCUT2D eigenvalue weighted by Gasteiger charge is 2.71. The molecule has 2 aromatic rings. The average Bonchev–Trinajstić information content (AvgIpc) is 4.09. The number of amides is 1. The minimum atomic E-state index is -1.17. The molecule has 0 bridgehead atoms. The summed E-state index contributed by atoms with van der Waals surface area (Å²) in [7, 11) is 0. The third-order valence-electron chi connectivity index (χ3n) is 16.8. The number of Topliss-reactive ketones (excluding diaryl/α,β-unsaturated/α-hetero) is 1. The van der Waals surface area contributed by atoms with Gasteiger partial charge in [-0.25, -0.2) is 0 Å². The zero-order valence-electron chi connectivity index (χ0n) is 44.4. The number of likely N-dealkylation sites (tertiary alicyclic amines) is 1. The van der Waals surface area contributed by atoms with Gasteiger partial charge in [0.1, 0.15) is 5.75 Å². The van der Waals surface area contributed by atoms with E-state index in [1.54, 1.807) is 12.1 Å². The van der Waals surface area contributed by atoms with Gasteiger partial charge in [-0.3, -0.25) is 14.5 Å². The molecule has 1 aliphatic heterocycles. The maximum Gasteiger partial charge on any atom is 0.224 e. The number of anilines is 1. The zero-order chi connectivity index (χ0) is 48.9. The molecule has 7 nitrogen and oxygen atoms in total. The molecule has 3 aliphatic rings. The quantitative estimate of drug-likeness (QED) is 0.0691.